The van der Waals surface area contributed by atoms with Gasteiger partial charge >= 0.3 is 18.2 Å². The van der Waals surface area contributed by atoms with E-state index in [0.29, 0.717) is 24.0 Å². The lowest BCUT2D eigenvalue weighted by Gasteiger charge is -2.49. The first-order valence-corrected chi connectivity index (χ1v) is 12.9. The summed E-state index contributed by atoms with van der Waals surface area (Å²) in [5.41, 5.74) is -1.08. The number of amides is 2. The maximum absolute atomic E-state index is 14.3. The van der Waals surface area contributed by atoms with Gasteiger partial charge in [0.25, 0.3) is 0 Å². The monoisotopic (exact) mass is 553 g/mol. The number of anilines is 1. The van der Waals surface area contributed by atoms with E-state index in [2.05, 4.69) is 0 Å². The molecule has 1 saturated carbocycles. The van der Waals surface area contributed by atoms with Crippen molar-refractivity contribution in [1.82, 2.24) is 4.90 Å². The second kappa shape index (κ2) is 10.5. The predicted octanol–water partition coefficient (Wildman–Crippen LogP) is 6.70. The van der Waals surface area contributed by atoms with Gasteiger partial charge in [0.05, 0.1) is 28.9 Å². The molecule has 2 aromatic carbocycles. The van der Waals surface area contributed by atoms with Gasteiger partial charge in [0, 0.05) is 17.2 Å². The first-order valence-electron chi connectivity index (χ1n) is 12.9. The third-order valence-corrected chi connectivity index (χ3v) is 7.55. The number of Topliss-reactive ketones (excluding diaryl/α,β-unsaturated/α-hetero) is 1. The number of aliphatic carboxylic acids is 1. The lowest BCUT2D eigenvalue weighted by atomic mass is 9.75. The Morgan fingerprint density at radius 3 is 2.17 bits per heavy atom. The number of alkyl halides is 3. The molecule has 0 aromatic heterocycles. The topological polar surface area (TPSA) is 102 Å². The van der Waals surface area contributed by atoms with Crippen LogP contribution in [0.4, 0.5) is 23.7 Å². The summed E-state index contributed by atoms with van der Waals surface area (Å²) in [5.74, 6) is -1.94. The minimum absolute atomic E-state index is 0.127. The molecule has 2 amide bonds. The quantitative estimate of drug-likeness (QED) is 0.429. The van der Waals surface area contributed by atoms with E-state index >= 15 is 0 Å². The van der Waals surface area contributed by atoms with Crippen LogP contribution in [0.5, 0.6) is 0 Å². The normalized spacial score (nSPS) is 19.2. The average molecular weight is 554 g/mol. The highest BCUT2D eigenvalue weighted by Gasteiger charge is 2.51. The van der Waals surface area contributed by atoms with Crippen LogP contribution in [0.15, 0.2) is 59.8 Å². The summed E-state index contributed by atoms with van der Waals surface area (Å²) >= 11 is 0. The van der Waals surface area contributed by atoms with E-state index < -0.39 is 41.2 Å². The third-order valence-electron chi connectivity index (χ3n) is 7.55. The van der Waals surface area contributed by atoms with E-state index in [1.807, 2.05) is 6.07 Å². The lowest BCUT2D eigenvalue weighted by Crippen LogP contribution is -2.60. The van der Waals surface area contributed by atoms with Crippen LogP contribution in [-0.2, 0) is 15.8 Å². The van der Waals surface area contributed by atoms with Crippen molar-refractivity contribution < 1.29 is 32.7 Å². The van der Waals surface area contributed by atoms with E-state index in [9.17, 15) is 37.9 Å². The number of carboxylic acid groups (broad SMARTS) is 1. The highest BCUT2D eigenvalue weighted by Crippen LogP contribution is 2.46. The molecule has 1 heterocycles. The summed E-state index contributed by atoms with van der Waals surface area (Å²) in [4.78, 5) is 43.2. The number of carbonyl (C=O) groups is 3. The summed E-state index contributed by atoms with van der Waals surface area (Å²) in [6, 6.07) is 8.95. The van der Waals surface area contributed by atoms with Crippen molar-refractivity contribution >= 4 is 23.5 Å². The molecule has 1 aliphatic heterocycles. The number of rotatable bonds is 6. The minimum atomic E-state index is -4.68. The number of nitriles is 1. The molecule has 0 bridgehead atoms. The second-order valence-corrected chi connectivity index (χ2v) is 11.3. The zero-order valence-corrected chi connectivity index (χ0v) is 22.6. The number of halogens is 3. The summed E-state index contributed by atoms with van der Waals surface area (Å²) in [6.07, 6.45) is -2.61. The van der Waals surface area contributed by atoms with E-state index in [0.717, 1.165) is 28.4 Å². The van der Waals surface area contributed by atoms with E-state index in [4.69, 9.17) is 0 Å². The van der Waals surface area contributed by atoms with Crippen molar-refractivity contribution in [1.29, 1.82) is 5.26 Å². The molecule has 2 aromatic rings. The van der Waals surface area contributed by atoms with Crippen LogP contribution in [0.3, 0.4) is 0 Å². The Balaban J connectivity index is 2.04. The zero-order valence-electron chi connectivity index (χ0n) is 22.6. The zero-order chi connectivity index (χ0) is 29.6. The van der Waals surface area contributed by atoms with Crippen molar-refractivity contribution in [2.24, 2.45) is 11.3 Å². The predicted molar refractivity (Wildman–Crippen MR) is 141 cm³/mol. The molecule has 1 aliphatic carbocycles. The summed E-state index contributed by atoms with van der Waals surface area (Å²) in [6.45, 7) is 6.43. The number of carboxylic acids is 1. The standard InChI is InChI=1S/C30H30F3N3O4/c1-17-23(25(37)20-7-5-8-20)24(19-13-11-18(16-34)12-14-19)36(26(27(38)39)29(2,3)4)28(40)35(17)22-10-6-9-21(15-22)30(31,32)33/h6,9-15,20,24,26H,5,7-8H2,1-4H3,(H,38,39)/t24-,26?/m1/s1. The largest absolute Gasteiger partial charge is 0.480 e. The van der Waals surface area contributed by atoms with Crippen LogP contribution >= 0.6 is 0 Å². The second-order valence-electron chi connectivity index (χ2n) is 11.3. The smallest absolute Gasteiger partial charge is 0.416 e. The number of urea groups is 1. The van der Waals surface area contributed by atoms with Gasteiger partial charge in [-0.25, -0.2) is 9.59 Å². The van der Waals surface area contributed by atoms with Crippen LogP contribution in [0, 0.1) is 22.7 Å². The van der Waals surface area contributed by atoms with Gasteiger partial charge in [-0.05, 0) is 61.1 Å². The fourth-order valence-corrected chi connectivity index (χ4v) is 5.39. The molecule has 210 valence electrons. The number of carbonyl (C=O) groups excluding carboxylic acids is 2. The Kier molecular flexibility index (Phi) is 7.54. The molecule has 2 aliphatic rings. The Bertz CT molecular complexity index is 1410. The molecule has 0 radical (unpaired) electrons. The van der Waals surface area contributed by atoms with Crippen LogP contribution in [0.25, 0.3) is 0 Å². The van der Waals surface area contributed by atoms with Gasteiger partial charge in [-0.1, -0.05) is 45.4 Å². The number of benzene rings is 2. The molecule has 0 saturated heterocycles. The Morgan fingerprint density at radius 1 is 1.07 bits per heavy atom. The third kappa shape index (κ3) is 5.20. The SMILES string of the molecule is CC1=C(C(=O)C2CCC2)[C@@H](c2ccc(C#N)cc2)N(C(C(=O)O)C(C)(C)C)C(=O)N1c1cccc(C(F)(F)F)c1. The number of hydrogen-bond donors (Lipinski definition) is 1. The number of allylic oxidation sites excluding steroid dienone is 1. The molecule has 1 unspecified atom stereocenters. The molecule has 0 spiro atoms. The Morgan fingerprint density at radius 2 is 1.70 bits per heavy atom. The van der Waals surface area contributed by atoms with Gasteiger partial charge in [0.1, 0.15) is 6.04 Å². The highest BCUT2D eigenvalue weighted by molar-refractivity contribution is 6.07. The molecule has 40 heavy (non-hydrogen) atoms. The molecule has 1 N–H and O–H groups in total. The molecule has 1 fully saturated rings. The Hall–Kier alpha value is -4.13. The van der Waals surface area contributed by atoms with E-state index in [1.165, 1.54) is 31.2 Å². The number of ketones is 1. The van der Waals surface area contributed by atoms with Crippen LogP contribution < -0.4 is 4.90 Å². The van der Waals surface area contributed by atoms with Crippen molar-refractivity contribution in [3.8, 4) is 6.07 Å². The van der Waals surface area contributed by atoms with Crippen LogP contribution in [-0.4, -0.2) is 33.8 Å². The number of hydrogen-bond acceptors (Lipinski definition) is 4. The maximum atomic E-state index is 14.3. The summed E-state index contributed by atoms with van der Waals surface area (Å²) in [5, 5.41) is 19.7. The van der Waals surface area contributed by atoms with Crippen molar-refractivity contribution in [3.63, 3.8) is 0 Å². The van der Waals surface area contributed by atoms with E-state index in [1.54, 1.807) is 32.9 Å². The molecule has 10 heteroatoms. The summed E-state index contributed by atoms with van der Waals surface area (Å²) in [7, 11) is 0. The van der Waals surface area contributed by atoms with Crippen LogP contribution in [0.2, 0.25) is 0 Å². The van der Waals surface area contributed by atoms with Gasteiger partial charge in [0.2, 0.25) is 0 Å². The molecule has 4 rings (SSSR count). The fraction of sp³-hybridized carbons (Fsp3) is 0.400. The Labute approximate surface area is 230 Å². The van der Waals surface area contributed by atoms with Gasteiger partial charge in [-0.3, -0.25) is 14.6 Å². The van der Waals surface area contributed by atoms with Gasteiger partial charge < -0.3 is 5.11 Å². The maximum Gasteiger partial charge on any atom is 0.416 e. The van der Waals surface area contributed by atoms with Gasteiger partial charge in [-0.2, -0.15) is 18.4 Å². The summed E-state index contributed by atoms with van der Waals surface area (Å²) < 4.78 is 40.9. The van der Waals surface area contributed by atoms with Gasteiger partial charge in [0.15, 0.2) is 5.78 Å². The lowest BCUT2D eigenvalue weighted by molar-refractivity contribution is -0.147. The average Bonchev–Trinajstić information content (AvgIpc) is 2.83. The first-order chi connectivity index (χ1) is 18.7. The van der Waals surface area contributed by atoms with Crippen LogP contribution in [0.1, 0.15) is 69.7 Å². The number of nitrogens with zero attached hydrogens (tertiary/aromatic N) is 3. The molecular weight excluding hydrogens is 523 g/mol. The van der Waals surface area contributed by atoms with Crippen molar-refractivity contribution in [2.45, 2.75) is 65.2 Å². The van der Waals surface area contributed by atoms with Crippen molar-refractivity contribution in [3.05, 3.63) is 76.5 Å². The molecule has 7 nitrogen and oxygen atoms in total. The highest BCUT2D eigenvalue weighted by atomic mass is 19.4. The molecule has 2 atom stereocenters. The first kappa shape index (κ1) is 28.9. The van der Waals surface area contributed by atoms with Crippen molar-refractivity contribution in [2.75, 3.05) is 4.90 Å². The van der Waals surface area contributed by atoms with E-state index in [-0.39, 0.29) is 28.7 Å². The molecular formula is C30H30F3N3O4. The van der Waals surface area contributed by atoms with Gasteiger partial charge in [-0.15, -0.1) is 0 Å². The minimum Gasteiger partial charge on any atom is -0.480 e. The fourth-order valence-electron chi connectivity index (χ4n) is 5.39.